The minimum atomic E-state index is -0.801. The number of carbonyl (C=O) groups is 2. The lowest BCUT2D eigenvalue weighted by Gasteiger charge is -2.16. The van der Waals surface area contributed by atoms with Crippen molar-refractivity contribution in [2.45, 2.75) is 76.9 Å². The van der Waals surface area contributed by atoms with E-state index in [1.165, 1.54) is 0 Å². The van der Waals surface area contributed by atoms with Gasteiger partial charge in [-0.3, -0.25) is 9.59 Å². The number of carboxylic acid groups (broad SMARTS) is 1. The van der Waals surface area contributed by atoms with Gasteiger partial charge in [0.05, 0.1) is 12.2 Å². The molecular weight excluding hydrogens is 320 g/mol. The van der Waals surface area contributed by atoms with Crippen LogP contribution in [0.15, 0.2) is 24.3 Å². The van der Waals surface area contributed by atoms with Crippen LogP contribution in [0.4, 0.5) is 0 Å². The lowest BCUT2D eigenvalue weighted by atomic mass is 9.90. The van der Waals surface area contributed by atoms with Crippen LogP contribution in [0.3, 0.4) is 0 Å². The molecule has 0 bridgehead atoms. The average Bonchev–Trinajstić information content (AvgIpc) is 2.82. The zero-order valence-corrected chi connectivity index (χ0v) is 15.1. The highest BCUT2D eigenvalue weighted by molar-refractivity contribution is 5.84. The summed E-state index contributed by atoms with van der Waals surface area (Å²) in [6.45, 7) is 2.11. The van der Waals surface area contributed by atoms with Crippen molar-refractivity contribution in [2.75, 3.05) is 0 Å². The first-order valence-corrected chi connectivity index (χ1v) is 9.39. The monoisotopic (exact) mass is 352 g/mol. The van der Waals surface area contributed by atoms with Crippen molar-refractivity contribution in [1.29, 1.82) is 0 Å². The van der Waals surface area contributed by atoms with Gasteiger partial charge >= 0.3 is 5.97 Å². The number of aliphatic carboxylic acids is 1. The fourth-order valence-corrected chi connectivity index (χ4v) is 3.22. The van der Waals surface area contributed by atoms with Gasteiger partial charge in [0.15, 0.2) is 0 Å². The lowest BCUT2D eigenvalue weighted by Crippen LogP contribution is -2.18. The fourth-order valence-electron chi connectivity index (χ4n) is 3.22. The summed E-state index contributed by atoms with van der Waals surface area (Å²) in [5.41, 5.74) is 0. The van der Waals surface area contributed by atoms with Gasteiger partial charge < -0.3 is 15.3 Å². The van der Waals surface area contributed by atoms with E-state index in [0.29, 0.717) is 25.7 Å². The van der Waals surface area contributed by atoms with Crippen molar-refractivity contribution in [3.63, 3.8) is 0 Å². The number of carbonyl (C=O) groups excluding carboxylic acids is 1. The van der Waals surface area contributed by atoms with E-state index in [0.717, 1.165) is 19.3 Å². The first kappa shape index (κ1) is 21.6. The number of aliphatic hydroxyl groups excluding tert-OH is 2. The summed E-state index contributed by atoms with van der Waals surface area (Å²) in [4.78, 5) is 22.5. The summed E-state index contributed by atoms with van der Waals surface area (Å²) in [6.07, 6.45) is 12.1. The molecule has 1 rings (SSSR count). The Labute approximate surface area is 150 Å². The zero-order valence-electron chi connectivity index (χ0n) is 15.1. The third kappa shape index (κ3) is 8.45. The molecule has 4 atom stereocenters. The summed E-state index contributed by atoms with van der Waals surface area (Å²) in [7, 11) is 0. The van der Waals surface area contributed by atoms with E-state index in [1.54, 1.807) is 12.2 Å². The molecule has 0 aromatic rings. The maximum absolute atomic E-state index is 12.1. The van der Waals surface area contributed by atoms with Gasteiger partial charge in [0.2, 0.25) is 0 Å². The van der Waals surface area contributed by atoms with Gasteiger partial charge in [-0.25, -0.2) is 0 Å². The Balaban J connectivity index is 2.48. The van der Waals surface area contributed by atoms with Crippen LogP contribution in [-0.4, -0.2) is 39.3 Å². The molecule has 25 heavy (non-hydrogen) atoms. The predicted molar refractivity (Wildman–Crippen MR) is 97.1 cm³/mol. The first-order chi connectivity index (χ1) is 12.0. The molecule has 1 aliphatic rings. The number of Topliss-reactive ketones (excluding diaryl/α,β-unsaturated/α-hetero) is 1. The second-order valence-electron chi connectivity index (χ2n) is 6.86. The van der Waals surface area contributed by atoms with Crippen LogP contribution < -0.4 is 0 Å². The predicted octanol–water partition coefficient (Wildman–Crippen LogP) is 3.25. The molecule has 0 spiro atoms. The van der Waals surface area contributed by atoms with Crippen molar-refractivity contribution < 1.29 is 24.9 Å². The maximum atomic E-state index is 12.1. The Hall–Kier alpha value is -1.46. The molecule has 1 aliphatic carbocycles. The molecule has 0 unspecified atom stereocenters. The molecule has 0 radical (unpaired) electrons. The average molecular weight is 352 g/mol. The molecular formula is C20H32O5. The van der Waals surface area contributed by atoms with Crippen LogP contribution in [0.1, 0.15) is 64.7 Å². The molecule has 0 aliphatic heterocycles. The topological polar surface area (TPSA) is 94.8 Å². The van der Waals surface area contributed by atoms with Crippen molar-refractivity contribution in [3.8, 4) is 0 Å². The standard InChI is InChI=1S/C20H32O5/c1-2-3-6-9-15(21)12-13-17-16(18(22)14-19(17)23)10-7-4-5-8-11-20(24)25/h4,7,12-13,15-17,19,21,23H,2-3,5-6,8-11,14H2,1H3,(H,24,25)/b7-4-,13-12+/t15-,16+,17-,19-/m1/s1. The van der Waals surface area contributed by atoms with Crippen LogP contribution >= 0.6 is 0 Å². The van der Waals surface area contributed by atoms with Gasteiger partial charge in [0.25, 0.3) is 0 Å². The van der Waals surface area contributed by atoms with E-state index in [4.69, 9.17) is 5.11 Å². The van der Waals surface area contributed by atoms with E-state index >= 15 is 0 Å². The van der Waals surface area contributed by atoms with Gasteiger partial charge in [-0.2, -0.15) is 0 Å². The Bertz CT molecular complexity index is 469. The molecule has 0 amide bonds. The third-order valence-electron chi connectivity index (χ3n) is 4.71. The molecule has 1 fully saturated rings. The number of unbranched alkanes of at least 4 members (excludes halogenated alkanes) is 3. The number of hydrogen-bond donors (Lipinski definition) is 3. The normalized spacial score (nSPS) is 25.2. The smallest absolute Gasteiger partial charge is 0.303 e. The van der Waals surface area contributed by atoms with Gasteiger partial charge in [-0.1, -0.05) is 50.5 Å². The summed E-state index contributed by atoms with van der Waals surface area (Å²) < 4.78 is 0. The second kappa shape index (κ2) is 12.0. The number of ketones is 1. The van der Waals surface area contributed by atoms with Gasteiger partial charge in [0.1, 0.15) is 5.78 Å². The Morgan fingerprint density at radius 2 is 2.04 bits per heavy atom. The molecule has 0 saturated heterocycles. The van der Waals surface area contributed by atoms with Gasteiger partial charge in [-0.05, 0) is 25.7 Å². The zero-order chi connectivity index (χ0) is 18.7. The van der Waals surface area contributed by atoms with Crippen LogP contribution in [0.25, 0.3) is 0 Å². The minimum Gasteiger partial charge on any atom is -0.481 e. The Morgan fingerprint density at radius 3 is 2.72 bits per heavy atom. The SMILES string of the molecule is CCCCC[C@@H](O)/C=C/[C@H]1[C@H](O)CC(=O)[C@H]1C/C=C\CCCC(=O)O. The second-order valence-corrected chi connectivity index (χ2v) is 6.86. The molecule has 0 heterocycles. The molecule has 5 heteroatoms. The molecule has 142 valence electrons. The largest absolute Gasteiger partial charge is 0.481 e. The fraction of sp³-hybridized carbons (Fsp3) is 0.700. The van der Waals surface area contributed by atoms with Gasteiger partial charge in [0, 0.05) is 24.7 Å². The van der Waals surface area contributed by atoms with Crippen LogP contribution in [0.5, 0.6) is 0 Å². The summed E-state index contributed by atoms with van der Waals surface area (Å²) in [5.74, 6) is -1.26. The summed E-state index contributed by atoms with van der Waals surface area (Å²) in [6, 6.07) is 0. The van der Waals surface area contributed by atoms with Crippen molar-refractivity contribution >= 4 is 11.8 Å². The van der Waals surface area contributed by atoms with Crippen LogP contribution in [0, 0.1) is 11.8 Å². The van der Waals surface area contributed by atoms with E-state index in [1.807, 2.05) is 12.2 Å². The highest BCUT2D eigenvalue weighted by atomic mass is 16.4. The number of allylic oxidation sites excluding steroid dienone is 2. The third-order valence-corrected chi connectivity index (χ3v) is 4.71. The quantitative estimate of drug-likeness (QED) is 0.370. The first-order valence-electron chi connectivity index (χ1n) is 9.39. The molecule has 0 aromatic heterocycles. The van der Waals surface area contributed by atoms with Crippen molar-refractivity contribution in [3.05, 3.63) is 24.3 Å². The van der Waals surface area contributed by atoms with Crippen molar-refractivity contribution in [2.24, 2.45) is 11.8 Å². The summed E-state index contributed by atoms with van der Waals surface area (Å²) >= 11 is 0. The minimum absolute atomic E-state index is 0.0535. The maximum Gasteiger partial charge on any atom is 0.303 e. The van der Waals surface area contributed by atoms with Crippen molar-refractivity contribution in [1.82, 2.24) is 0 Å². The van der Waals surface area contributed by atoms with E-state index in [-0.39, 0.29) is 30.5 Å². The number of aliphatic hydroxyl groups is 2. The molecule has 5 nitrogen and oxygen atoms in total. The molecule has 0 aromatic carbocycles. The number of rotatable bonds is 12. The van der Waals surface area contributed by atoms with E-state index in [9.17, 15) is 19.8 Å². The van der Waals surface area contributed by atoms with Crippen LogP contribution in [0.2, 0.25) is 0 Å². The Morgan fingerprint density at radius 1 is 1.28 bits per heavy atom. The number of carboxylic acids is 1. The van der Waals surface area contributed by atoms with Crippen LogP contribution in [-0.2, 0) is 9.59 Å². The Kier molecular flexibility index (Phi) is 10.3. The highest BCUT2D eigenvalue weighted by Crippen LogP contribution is 2.33. The van der Waals surface area contributed by atoms with Gasteiger partial charge in [-0.15, -0.1) is 0 Å². The summed E-state index contributed by atoms with van der Waals surface area (Å²) in [5, 5.41) is 28.7. The molecule has 3 N–H and O–H groups in total. The van der Waals surface area contributed by atoms with E-state index < -0.39 is 18.2 Å². The number of hydrogen-bond acceptors (Lipinski definition) is 4. The lowest BCUT2D eigenvalue weighted by molar-refractivity contribution is -0.137. The molecule has 1 saturated carbocycles. The van der Waals surface area contributed by atoms with E-state index in [2.05, 4.69) is 6.92 Å². The highest BCUT2D eigenvalue weighted by Gasteiger charge is 2.39.